The maximum atomic E-state index is 13.3. The summed E-state index contributed by atoms with van der Waals surface area (Å²) in [6.45, 7) is 7.46. The van der Waals surface area contributed by atoms with Crippen LogP contribution in [0.4, 0.5) is 4.39 Å². The third-order valence-corrected chi connectivity index (χ3v) is 3.72. The van der Waals surface area contributed by atoms with E-state index in [0.29, 0.717) is 5.75 Å². The van der Waals surface area contributed by atoms with Crippen LogP contribution in [0.5, 0.6) is 5.75 Å². The molecule has 1 rings (SSSR count). The number of rotatable bonds is 8. The van der Waals surface area contributed by atoms with Crippen molar-refractivity contribution < 1.29 is 18.7 Å². The van der Waals surface area contributed by atoms with Crippen molar-refractivity contribution in [1.82, 2.24) is 0 Å². The highest BCUT2D eigenvalue weighted by Crippen LogP contribution is 2.25. The van der Waals surface area contributed by atoms with Crippen LogP contribution in [0.1, 0.15) is 40.5 Å². The third kappa shape index (κ3) is 5.30. The van der Waals surface area contributed by atoms with Gasteiger partial charge in [0.2, 0.25) is 0 Å². The molecular weight excluding hydrogens is 285 g/mol. The standard InChI is InChI=1S/C17H26FNO3/c1-5-13(6-2)16(12(4)21-17(20)11(3)19)22-15-9-7-8-14(18)10-15/h7-13,16H,5-6,19H2,1-4H3/t11-,12-,16-/m0/s1. The van der Waals surface area contributed by atoms with Gasteiger partial charge in [-0.2, -0.15) is 0 Å². The minimum atomic E-state index is -0.682. The van der Waals surface area contributed by atoms with Gasteiger partial charge in [0.05, 0.1) is 0 Å². The molecule has 1 aromatic rings. The molecule has 0 aromatic heterocycles. The Kier molecular flexibility index (Phi) is 7.32. The molecule has 0 heterocycles. The lowest BCUT2D eigenvalue weighted by Gasteiger charge is -2.31. The molecule has 0 amide bonds. The van der Waals surface area contributed by atoms with E-state index in [-0.39, 0.29) is 17.8 Å². The predicted octanol–water partition coefficient (Wildman–Crippen LogP) is 3.29. The monoisotopic (exact) mass is 311 g/mol. The van der Waals surface area contributed by atoms with E-state index in [2.05, 4.69) is 13.8 Å². The molecule has 5 heteroatoms. The average molecular weight is 311 g/mol. The zero-order valence-electron chi connectivity index (χ0n) is 13.7. The molecule has 124 valence electrons. The number of hydrogen-bond donors (Lipinski definition) is 1. The fourth-order valence-corrected chi connectivity index (χ4v) is 2.38. The quantitative estimate of drug-likeness (QED) is 0.748. The number of halogens is 1. The Morgan fingerprint density at radius 3 is 2.41 bits per heavy atom. The van der Waals surface area contributed by atoms with Crippen LogP contribution in [0.25, 0.3) is 0 Å². The number of hydrogen-bond acceptors (Lipinski definition) is 4. The fraction of sp³-hybridized carbons (Fsp3) is 0.588. The van der Waals surface area contributed by atoms with Crippen molar-refractivity contribution in [2.24, 2.45) is 11.7 Å². The summed E-state index contributed by atoms with van der Waals surface area (Å²) in [5, 5.41) is 0. The highest BCUT2D eigenvalue weighted by atomic mass is 19.1. The van der Waals surface area contributed by atoms with Gasteiger partial charge in [-0.3, -0.25) is 4.79 Å². The van der Waals surface area contributed by atoms with Crippen molar-refractivity contribution in [3.63, 3.8) is 0 Å². The Morgan fingerprint density at radius 1 is 1.27 bits per heavy atom. The number of benzene rings is 1. The zero-order chi connectivity index (χ0) is 16.7. The molecule has 0 spiro atoms. The lowest BCUT2D eigenvalue weighted by atomic mass is 9.93. The molecule has 0 saturated heterocycles. The van der Waals surface area contributed by atoms with Gasteiger partial charge in [0.1, 0.15) is 29.8 Å². The average Bonchev–Trinajstić information content (AvgIpc) is 2.47. The van der Waals surface area contributed by atoms with E-state index in [9.17, 15) is 9.18 Å². The van der Waals surface area contributed by atoms with E-state index in [1.54, 1.807) is 26.0 Å². The molecule has 3 atom stereocenters. The first-order valence-corrected chi connectivity index (χ1v) is 7.77. The maximum Gasteiger partial charge on any atom is 0.323 e. The summed E-state index contributed by atoms with van der Waals surface area (Å²) in [7, 11) is 0. The molecule has 22 heavy (non-hydrogen) atoms. The minimum absolute atomic E-state index is 0.194. The smallest absolute Gasteiger partial charge is 0.323 e. The fourth-order valence-electron chi connectivity index (χ4n) is 2.38. The second kappa shape index (κ2) is 8.73. The number of nitrogens with two attached hydrogens (primary N) is 1. The molecule has 0 aliphatic heterocycles. The van der Waals surface area contributed by atoms with Crippen LogP contribution >= 0.6 is 0 Å². The van der Waals surface area contributed by atoms with Gasteiger partial charge >= 0.3 is 5.97 Å². The summed E-state index contributed by atoms with van der Waals surface area (Å²) in [6, 6.07) is 5.29. The van der Waals surface area contributed by atoms with Gasteiger partial charge in [0, 0.05) is 6.07 Å². The second-order valence-corrected chi connectivity index (χ2v) is 5.55. The van der Waals surface area contributed by atoms with E-state index in [1.807, 2.05) is 0 Å². The van der Waals surface area contributed by atoms with E-state index < -0.39 is 18.1 Å². The van der Waals surface area contributed by atoms with Crippen LogP contribution in [0.3, 0.4) is 0 Å². The first kappa shape index (κ1) is 18.4. The van der Waals surface area contributed by atoms with Crippen LogP contribution in [0, 0.1) is 11.7 Å². The van der Waals surface area contributed by atoms with Crippen molar-refractivity contribution in [3.05, 3.63) is 30.1 Å². The Balaban J connectivity index is 2.90. The number of carbonyl (C=O) groups excluding carboxylic acids is 1. The molecular formula is C17H26FNO3. The molecule has 0 bridgehead atoms. The van der Waals surface area contributed by atoms with Gasteiger partial charge in [0.25, 0.3) is 0 Å². The van der Waals surface area contributed by atoms with Crippen molar-refractivity contribution in [1.29, 1.82) is 0 Å². The van der Waals surface area contributed by atoms with Crippen molar-refractivity contribution in [2.45, 2.75) is 58.8 Å². The SMILES string of the molecule is CCC(CC)[C@@H](Oc1cccc(F)c1)[C@H](C)OC(=O)[C@H](C)N. The van der Waals surface area contributed by atoms with E-state index in [1.165, 1.54) is 12.1 Å². The topological polar surface area (TPSA) is 61.5 Å². The van der Waals surface area contributed by atoms with E-state index in [0.717, 1.165) is 12.8 Å². The molecule has 0 aliphatic carbocycles. The molecule has 4 nitrogen and oxygen atoms in total. The van der Waals surface area contributed by atoms with Crippen molar-refractivity contribution in [2.75, 3.05) is 0 Å². The molecule has 0 unspecified atom stereocenters. The first-order valence-electron chi connectivity index (χ1n) is 7.77. The van der Waals surface area contributed by atoms with Gasteiger partial charge in [-0.25, -0.2) is 4.39 Å². The molecule has 0 fully saturated rings. The minimum Gasteiger partial charge on any atom is -0.486 e. The second-order valence-electron chi connectivity index (χ2n) is 5.55. The lowest BCUT2D eigenvalue weighted by molar-refractivity contribution is -0.155. The van der Waals surface area contributed by atoms with Crippen LogP contribution in [0.15, 0.2) is 24.3 Å². The molecule has 1 aromatic carbocycles. The Bertz CT molecular complexity index is 475. The third-order valence-electron chi connectivity index (χ3n) is 3.72. The number of esters is 1. The van der Waals surface area contributed by atoms with Gasteiger partial charge in [0.15, 0.2) is 0 Å². The maximum absolute atomic E-state index is 13.3. The highest BCUT2D eigenvalue weighted by molar-refractivity contribution is 5.75. The van der Waals surface area contributed by atoms with Crippen LogP contribution in [-0.4, -0.2) is 24.2 Å². The molecule has 0 radical (unpaired) electrons. The number of ether oxygens (including phenoxy) is 2. The van der Waals surface area contributed by atoms with Crippen molar-refractivity contribution in [3.8, 4) is 5.75 Å². The Labute approximate surface area is 131 Å². The summed E-state index contributed by atoms with van der Waals surface area (Å²) in [5.41, 5.74) is 5.53. The Morgan fingerprint density at radius 2 is 1.91 bits per heavy atom. The summed E-state index contributed by atoms with van der Waals surface area (Å²) in [5.74, 6) is -0.202. The summed E-state index contributed by atoms with van der Waals surface area (Å²) in [4.78, 5) is 11.7. The summed E-state index contributed by atoms with van der Waals surface area (Å²) in [6.07, 6.45) is 0.929. The molecule has 0 saturated carbocycles. The summed E-state index contributed by atoms with van der Waals surface area (Å²) >= 11 is 0. The largest absolute Gasteiger partial charge is 0.486 e. The normalized spacial score (nSPS) is 15.2. The lowest BCUT2D eigenvalue weighted by Crippen LogP contribution is -2.42. The highest BCUT2D eigenvalue weighted by Gasteiger charge is 2.30. The van der Waals surface area contributed by atoms with Crippen LogP contribution < -0.4 is 10.5 Å². The first-order chi connectivity index (χ1) is 10.4. The molecule has 2 N–H and O–H groups in total. The van der Waals surface area contributed by atoms with Gasteiger partial charge in [-0.1, -0.05) is 19.9 Å². The van der Waals surface area contributed by atoms with Crippen LogP contribution in [0.2, 0.25) is 0 Å². The van der Waals surface area contributed by atoms with Gasteiger partial charge < -0.3 is 15.2 Å². The predicted molar refractivity (Wildman–Crippen MR) is 84.1 cm³/mol. The van der Waals surface area contributed by atoms with Gasteiger partial charge in [-0.15, -0.1) is 0 Å². The van der Waals surface area contributed by atoms with Crippen molar-refractivity contribution >= 4 is 5.97 Å². The molecule has 0 aliphatic rings. The van der Waals surface area contributed by atoms with E-state index >= 15 is 0 Å². The van der Waals surface area contributed by atoms with Gasteiger partial charge in [-0.05, 0) is 44.7 Å². The Hall–Kier alpha value is -1.62. The number of carbonyl (C=O) groups is 1. The zero-order valence-corrected chi connectivity index (χ0v) is 13.7. The van der Waals surface area contributed by atoms with E-state index in [4.69, 9.17) is 15.2 Å². The van der Waals surface area contributed by atoms with Crippen LogP contribution in [-0.2, 0) is 9.53 Å². The summed E-state index contributed by atoms with van der Waals surface area (Å²) < 4.78 is 24.6.